The summed E-state index contributed by atoms with van der Waals surface area (Å²) in [7, 11) is 1.64. The Labute approximate surface area is 167 Å². The first-order valence-corrected chi connectivity index (χ1v) is 9.81. The van der Waals surface area contributed by atoms with Crippen LogP contribution in [0.1, 0.15) is 26.8 Å². The standard InChI is InChI=1S/C21H25N5O3/c1-5-29-12-11-24-19(27)17-18(23(4)21(24)28)22-20-25(17)13-16(26(20)14(2)3)15-9-7-6-8-10-15/h6-10,13-14H,5,11-12H2,1-4H3. The summed E-state index contributed by atoms with van der Waals surface area (Å²) < 4.78 is 11.9. The van der Waals surface area contributed by atoms with Gasteiger partial charge in [0.15, 0.2) is 11.2 Å². The molecule has 0 saturated carbocycles. The highest BCUT2D eigenvalue weighted by Gasteiger charge is 2.22. The molecular weight excluding hydrogens is 370 g/mol. The molecule has 3 aromatic heterocycles. The molecular formula is C21H25N5O3. The quantitative estimate of drug-likeness (QED) is 0.470. The first-order chi connectivity index (χ1) is 14.0. The third kappa shape index (κ3) is 3.00. The van der Waals surface area contributed by atoms with Gasteiger partial charge in [0.05, 0.1) is 18.8 Å². The van der Waals surface area contributed by atoms with Gasteiger partial charge in [0, 0.05) is 25.9 Å². The number of nitrogens with zero attached hydrogens (tertiary/aromatic N) is 5. The van der Waals surface area contributed by atoms with Crippen molar-refractivity contribution in [3.05, 3.63) is 57.4 Å². The van der Waals surface area contributed by atoms with Gasteiger partial charge in [0.25, 0.3) is 5.56 Å². The van der Waals surface area contributed by atoms with Crippen LogP contribution >= 0.6 is 0 Å². The lowest BCUT2D eigenvalue weighted by atomic mass is 10.1. The monoisotopic (exact) mass is 395 g/mol. The van der Waals surface area contributed by atoms with E-state index in [4.69, 9.17) is 4.74 Å². The molecule has 4 aromatic rings. The zero-order valence-electron chi connectivity index (χ0n) is 17.1. The Morgan fingerprint density at radius 3 is 2.52 bits per heavy atom. The van der Waals surface area contributed by atoms with Gasteiger partial charge in [-0.15, -0.1) is 0 Å². The molecule has 0 N–H and O–H groups in total. The summed E-state index contributed by atoms with van der Waals surface area (Å²) in [6, 6.07) is 10.1. The second-order valence-electron chi connectivity index (χ2n) is 7.29. The molecule has 152 valence electrons. The van der Waals surface area contributed by atoms with Crippen molar-refractivity contribution in [2.75, 3.05) is 13.2 Å². The fourth-order valence-electron chi connectivity index (χ4n) is 3.74. The van der Waals surface area contributed by atoms with E-state index in [1.165, 1.54) is 9.13 Å². The molecule has 29 heavy (non-hydrogen) atoms. The van der Waals surface area contributed by atoms with Gasteiger partial charge in [0.2, 0.25) is 5.78 Å². The smallest absolute Gasteiger partial charge is 0.332 e. The van der Waals surface area contributed by atoms with Crippen molar-refractivity contribution in [2.24, 2.45) is 7.05 Å². The topological polar surface area (TPSA) is 75.5 Å². The van der Waals surface area contributed by atoms with Crippen molar-refractivity contribution in [1.82, 2.24) is 23.1 Å². The Morgan fingerprint density at radius 1 is 1.14 bits per heavy atom. The van der Waals surface area contributed by atoms with Crippen LogP contribution in [0.2, 0.25) is 0 Å². The van der Waals surface area contributed by atoms with Crippen LogP contribution in [0.5, 0.6) is 0 Å². The largest absolute Gasteiger partial charge is 0.380 e. The Bertz CT molecular complexity index is 1290. The van der Waals surface area contributed by atoms with E-state index in [0.717, 1.165) is 11.3 Å². The first-order valence-electron chi connectivity index (χ1n) is 9.81. The van der Waals surface area contributed by atoms with Crippen LogP contribution in [0.25, 0.3) is 28.2 Å². The molecule has 0 aliphatic rings. The average Bonchev–Trinajstić information content (AvgIpc) is 3.25. The highest BCUT2D eigenvalue weighted by Crippen LogP contribution is 2.28. The summed E-state index contributed by atoms with van der Waals surface area (Å²) in [6.07, 6.45) is 1.93. The molecule has 8 heteroatoms. The van der Waals surface area contributed by atoms with Gasteiger partial charge in [-0.2, -0.15) is 4.98 Å². The van der Waals surface area contributed by atoms with E-state index >= 15 is 0 Å². The van der Waals surface area contributed by atoms with Crippen molar-refractivity contribution in [3.63, 3.8) is 0 Å². The Balaban J connectivity index is 2.04. The highest BCUT2D eigenvalue weighted by molar-refractivity contribution is 5.78. The molecule has 0 aliphatic heterocycles. The Morgan fingerprint density at radius 2 is 1.86 bits per heavy atom. The number of hydrogen-bond acceptors (Lipinski definition) is 4. The summed E-state index contributed by atoms with van der Waals surface area (Å²) in [6.45, 7) is 7.08. The molecule has 0 atom stereocenters. The van der Waals surface area contributed by atoms with Gasteiger partial charge >= 0.3 is 5.69 Å². The second-order valence-corrected chi connectivity index (χ2v) is 7.29. The summed E-state index contributed by atoms with van der Waals surface area (Å²) in [5.74, 6) is 0.642. The molecule has 1 aromatic carbocycles. The van der Waals surface area contributed by atoms with E-state index in [-0.39, 0.29) is 23.8 Å². The van der Waals surface area contributed by atoms with Crippen LogP contribution in [0.3, 0.4) is 0 Å². The lowest BCUT2D eigenvalue weighted by molar-refractivity contribution is 0.137. The molecule has 0 radical (unpaired) electrons. The molecule has 0 saturated heterocycles. The van der Waals surface area contributed by atoms with E-state index in [1.807, 2.05) is 43.5 Å². The number of ether oxygens (including phenoxy) is 1. The third-order valence-electron chi connectivity index (χ3n) is 5.13. The predicted molar refractivity (Wildman–Crippen MR) is 113 cm³/mol. The summed E-state index contributed by atoms with van der Waals surface area (Å²) >= 11 is 0. The minimum Gasteiger partial charge on any atom is -0.380 e. The van der Waals surface area contributed by atoms with Crippen LogP contribution in [-0.2, 0) is 18.3 Å². The van der Waals surface area contributed by atoms with E-state index in [9.17, 15) is 9.59 Å². The minimum atomic E-state index is -0.387. The maximum atomic E-state index is 13.2. The number of hydrogen-bond donors (Lipinski definition) is 0. The van der Waals surface area contributed by atoms with Crippen molar-refractivity contribution >= 4 is 16.9 Å². The Kier molecular flexibility index (Phi) is 4.87. The van der Waals surface area contributed by atoms with Crippen LogP contribution in [0, 0.1) is 0 Å². The van der Waals surface area contributed by atoms with Crippen LogP contribution in [0.4, 0.5) is 0 Å². The summed E-state index contributed by atoms with van der Waals surface area (Å²) in [5.41, 5.74) is 2.06. The SMILES string of the molecule is CCOCCn1c(=O)c2c(nc3n(C(C)C)c(-c4ccccc4)cn23)n(C)c1=O. The zero-order chi connectivity index (χ0) is 20.7. The van der Waals surface area contributed by atoms with Gasteiger partial charge in [-0.3, -0.25) is 18.3 Å². The first kappa shape index (κ1) is 19.2. The average molecular weight is 395 g/mol. The molecule has 0 spiro atoms. The maximum absolute atomic E-state index is 13.2. The van der Waals surface area contributed by atoms with Crippen molar-refractivity contribution in [1.29, 1.82) is 0 Å². The minimum absolute atomic E-state index is 0.122. The van der Waals surface area contributed by atoms with Crippen molar-refractivity contribution in [2.45, 2.75) is 33.4 Å². The third-order valence-corrected chi connectivity index (χ3v) is 5.13. The van der Waals surface area contributed by atoms with Gasteiger partial charge in [0.1, 0.15) is 0 Å². The van der Waals surface area contributed by atoms with E-state index in [1.54, 1.807) is 11.4 Å². The number of benzene rings is 1. The lowest BCUT2D eigenvalue weighted by Gasteiger charge is -2.12. The van der Waals surface area contributed by atoms with Gasteiger partial charge in [-0.1, -0.05) is 30.3 Å². The van der Waals surface area contributed by atoms with E-state index < -0.39 is 0 Å². The van der Waals surface area contributed by atoms with Crippen molar-refractivity contribution in [3.8, 4) is 11.3 Å². The molecule has 0 aliphatic carbocycles. The molecule has 0 amide bonds. The molecule has 0 bridgehead atoms. The molecule has 0 unspecified atom stereocenters. The van der Waals surface area contributed by atoms with Gasteiger partial charge in [-0.05, 0) is 26.3 Å². The number of fused-ring (bicyclic) bond motifs is 3. The second kappa shape index (κ2) is 7.36. The molecule has 4 rings (SSSR count). The lowest BCUT2D eigenvalue weighted by Crippen LogP contribution is -2.40. The summed E-state index contributed by atoms with van der Waals surface area (Å²) in [4.78, 5) is 30.6. The predicted octanol–water partition coefficient (Wildman–Crippen LogP) is 2.43. The molecule has 3 heterocycles. The number of aromatic nitrogens is 5. The van der Waals surface area contributed by atoms with E-state index in [2.05, 4.69) is 23.4 Å². The van der Waals surface area contributed by atoms with Gasteiger partial charge in [-0.25, -0.2) is 4.79 Å². The van der Waals surface area contributed by atoms with Crippen molar-refractivity contribution < 1.29 is 4.74 Å². The number of rotatable bonds is 6. The fourth-order valence-corrected chi connectivity index (χ4v) is 3.74. The Hall–Kier alpha value is -3.13. The fraction of sp³-hybridized carbons (Fsp3) is 0.381. The van der Waals surface area contributed by atoms with Crippen LogP contribution < -0.4 is 11.2 Å². The van der Waals surface area contributed by atoms with Gasteiger partial charge < -0.3 is 9.30 Å². The normalized spacial score (nSPS) is 11.9. The highest BCUT2D eigenvalue weighted by atomic mass is 16.5. The summed E-state index contributed by atoms with van der Waals surface area (Å²) in [5, 5.41) is 0. The number of imidazole rings is 2. The van der Waals surface area contributed by atoms with E-state index in [0.29, 0.717) is 30.2 Å². The molecule has 0 fully saturated rings. The van der Waals surface area contributed by atoms with Crippen LogP contribution in [0.15, 0.2) is 46.1 Å². The van der Waals surface area contributed by atoms with Crippen LogP contribution in [-0.4, -0.2) is 36.3 Å². The number of aryl methyl sites for hydroxylation is 1. The maximum Gasteiger partial charge on any atom is 0.332 e. The molecule has 8 nitrogen and oxygen atoms in total. The zero-order valence-corrected chi connectivity index (χ0v) is 17.1.